The molecule has 0 saturated carbocycles. The van der Waals surface area contributed by atoms with E-state index in [1.807, 2.05) is 11.8 Å². The van der Waals surface area contributed by atoms with E-state index in [4.69, 9.17) is 9.47 Å². The molecule has 0 spiro atoms. The van der Waals surface area contributed by atoms with Crippen LogP contribution >= 0.6 is 12.6 Å². The lowest BCUT2D eigenvalue weighted by Crippen LogP contribution is -2.61. The molecule has 1 N–H and O–H groups in total. The van der Waals surface area contributed by atoms with Crippen molar-refractivity contribution < 1.29 is 18.7 Å². The normalized spacial score (nSPS) is 22.7. The molecule has 178 valence electrons. The topological polar surface area (TPSA) is 76.6 Å². The van der Waals surface area contributed by atoms with Gasteiger partial charge in [0.1, 0.15) is 24.1 Å². The van der Waals surface area contributed by atoms with E-state index < -0.39 is 5.82 Å². The fourth-order valence-corrected chi connectivity index (χ4v) is 4.67. The smallest absolute Gasteiger partial charge is 0.223 e. The van der Waals surface area contributed by atoms with Gasteiger partial charge in [-0.2, -0.15) is 0 Å². The van der Waals surface area contributed by atoms with E-state index in [0.29, 0.717) is 60.3 Å². The van der Waals surface area contributed by atoms with Gasteiger partial charge in [0, 0.05) is 24.2 Å². The molecule has 2 aliphatic heterocycles. The van der Waals surface area contributed by atoms with E-state index in [0.717, 1.165) is 0 Å². The Morgan fingerprint density at radius 2 is 1.97 bits per heavy atom. The summed E-state index contributed by atoms with van der Waals surface area (Å²) in [6, 6.07) is 4.65. The zero-order valence-electron chi connectivity index (χ0n) is 19.5. The summed E-state index contributed by atoms with van der Waals surface area (Å²) in [6.45, 7) is 9.11. The fourth-order valence-electron chi connectivity index (χ4n) is 4.48. The number of hydrogen-bond donors (Lipinski definition) is 2. The van der Waals surface area contributed by atoms with Crippen LogP contribution in [0.5, 0.6) is 5.88 Å². The molecule has 2 atom stereocenters. The van der Waals surface area contributed by atoms with Crippen molar-refractivity contribution in [3.8, 4) is 5.88 Å². The number of nitrogens with zero attached hydrogens (tertiary/aromatic N) is 3. The van der Waals surface area contributed by atoms with Crippen LogP contribution in [0.2, 0.25) is 0 Å². The third-order valence-corrected chi connectivity index (χ3v) is 6.25. The van der Waals surface area contributed by atoms with Crippen LogP contribution < -0.4 is 10.1 Å². The van der Waals surface area contributed by atoms with Gasteiger partial charge in [0.15, 0.2) is 0 Å². The molecular formula is C24H31FN4O3S. The number of aromatic nitrogens is 2. The standard InChI is InChI=1S/C24H31FN4O3S/c1-14-22(28-20-6-5-18(33)9-19(20)25)26-13-27-23(14)32-17-7-15-11-31-12-16(8-17)29(15)21(30)10-24(2,3)4/h5-6,9,13,15-17,33H,7-8,10-12H2,1-4H3,(H,26,27,28). The second-order valence-electron chi connectivity index (χ2n) is 10.0. The summed E-state index contributed by atoms with van der Waals surface area (Å²) in [6.07, 6.45) is 3.18. The lowest BCUT2D eigenvalue weighted by Gasteiger charge is -2.48. The molecule has 33 heavy (non-hydrogen) atoms. The lowest BCUT2D eigenvalue weighted by molar-refractivity contribution is -0.157. The van der Waals surface area contributed by atoms with Gasteiger partial charge in [0.05, 0.1) is 36.5 Å². The molecule has 0 aliphatic carbocycles. The first-order valence-corrected chi connectivity index (χ1v) is 11.7. The number of piperidine rings is 1. The van der Waals surface area contributed by atoms with Gasteiger partial charge < -0.3 is 19.7 Å². The Morgan fingerprint density at radius 1 is 1.27 bits per heavy atom. The molecule has 3 heterocycles. The van der Waals surface area contributed by atoms with Crippen LogP contribution in [0.25, 0.3) is 0 Å². The Kier molecular flexibility index (Phi) is 6.81. The van der Waals surface area contributed by atoms with Crippen molar-refractivity contribution in [3.63, 3.8) is 0 Å². The number of amides is 1. The molecule has 2 aliphatic rings. The van der Waals surface area contributed by atoms with Crippen LogP contribution in [0.4, 0.5) is 15.9 Å². The fraction of sp³-hybridized carbons (Fsp3) is 0.542. The molecule has 1 aromatic heterocycles. The zero-order chi connectivity index (χ0) is 23.8. The van der Waals surface area contributed by atoms with Crippen LogP contribution in [0.15, 0.2) is 29.4 Å². The van der Waals surface area contributed by atoms with Gasteiger partial charge in [0.2, 0.25) is 11.8 Å². The van der Waals surface area contributed by atoms with E-state index in [2.05, 4.69) is 48.7 Å². The Labute approximate surface area is 199 Å². The highest BCUT2D eigenvalue weighted by Gasteiger charge is 2.43. The zero-order valence-corrected chi connectivity index (χ0v) is 20.4. The summed E-state index contributed by atoms with van der Waals surface area (Å²) in [5, 5.41) is 3.02. The molecule has 1 aromatic carbocycles. The summed E-state index contributed by atoms with van der Waals surface area (Å²) in [5.41, 5.74) is 0.936. The van der Waals surface area contributed by atoms with Crippen molar-refractivity contribution in [1.82, 2.24) is 14.9 Å². The molecule has 4 rings (SSSR count). The average molecular weight is 475 g/mol. The summed E-state index contributed by atoms with van der Waals surface area (Å²) in [4.78, 5) is 24.1. The van der Waals surface area contributed by atoms with Gasteiger partial charge in [0.25, 0.3) is 0 Å². The molecule has 0 radical (unpaired) electrons. The Balaban J connectivity index is 1.47. The first-order chi connectivity index (χ1) is 15.6. The Hall–Kier alpha value is -2.39. The van der Waals surface area contributed by atoms with Gasteiger partial charge in [-0.3, -0.25) is 4.79 Å². The monoisotopic (exact) mass is 474 g/mol. The number of thiol groups is 1. The maximum absolute atomic E-state index is 14.2. The number of carbonyl (C=O) groups excluding carboxylic acids is 1. The van der Waals surface area contributed by atoms with Gasteiger partial charge in [-0.05, 0) is 30.5 Å². The summed E-state index contributed by atoms with van der Waals surface area (Å²) in [5.74, 6) is 0.700. The second kappa shape index (κ2) is 9.46. The number of rotatable bonds is 5. The maximum atomic E-state index is 14.2. The first kappa shape index (κ1) is 23.8. The van der Waals surface area contributed by atoms with Gasteiger partial charge >= 0.3 is 0 Å². The van der Waals surface area contributed by atoms with Crippen molar-refractivity contribution >= 4 is 30.0 Å². The quantitative estimate of drug-likeness (QED) is 0.620. The number of ether oxygens (including phenoxy) is 2. The van der Waals surface area contributed by atoms with E-state index in [-0.39, 0.29) is 29.5 Å². The third-order valence-electron chi connectivity index (χ3n) is 5.97. The number of fused-ring (bicyclic) bond motifs is 2. The molecule has 2 fully saturated rings. The van der Waals surface area contributed by atoms with Crippen LogP contribution in [-0.4, -0.2) is 52.2 Å². The van der Waals surface area contributed by atoms with Gasteiger partial charge in [-0.1, -0.05) is 20.8 Å². The van der Waals surface area contributed by atoms with Crippen LogP contribution in [-0.2, 0) is 9.53 Å². The summed E-state index contributed by atoms with van der Waals surface area (Å²) < 4.78 is 26.3. The largest absolute Gasteiger partial charge is 0.474 e. The number of morpholine rings is 1. The molecule has 9 heteroatoms. The Morgan fingerprint density at radius 3 is 2.61 bits per heavy atom. The molecule has 7 nitrogen and oxygen atoms in total. The van der Waals surface area contributed by atoms with Gasteiger partial charge in [-0.15, -0.1) is 12.6 Å². The van der Waals surface area contributed by atoms with Crippen molar-refractivity contribution in [2.24, 2.45) is 5.41 Å². The average Bonchev–Trinajstić information content (AvgIpc) is 2.71. The minimum Gasteiger partial charge on any atom is -0.474 e. The molecule has 2 bridgehead atoms. The van der Waals surface area contributed by atoms with Crippen LogP contribution in [0, 0.1) is 18.2 Å². The molecule has 1 amide bonds. The van der Waals surface area contributed by atoms with Crippen LogP contribution in [0.1, 0.15) is 45.6 Å². The number of nitrogens with one attached hydrogen (secondary N) is 1. The predicted octanol–water partition coefficient (Wildman–Crippen LogP) is 4.53. The number of halogens is 1. The number of benzene rings is 1. The molecule has 2 saturated heterocycles. The predicted molar refractivity (Wildman–Crippen MR) is 127 cm³/mol. The third kappa shape index (κ3) is 5.58. The Bertz CT molecular complexity index is 1020. The number of hydrogen-bond acceptors (Lipinski definition) is 7. The second-order valence-corrected chi connectivity index (χ2v) is 10.6. The number of carbonyl (C=O) groups is 1. The highest BCUT2D eigenvalue weighted by Crippen LogP contribution is 2.34. The molecule has 2 aromatic rings. The molecular weight excluding hydrogens is 443 g/mol. The summed E-state index contributed by atoms with van der Waals surface area (Å²) in [7, 11) is 0. The SMILES string of the molecule is Cc1c(Nc2ccc(S)cc2F)ncnc1OC1CC2COCC(C1)N2C(=O)CC(C)(C)C. The van der Waals surface area contributed by atoms with Crippen molar-refractivity contribution in [2.45, 2.75) is 70.0 Å². The van der Waals surface area contributed by atoms with Crippen molar-refractivity contribution in [3.05, 3.63) is 35.9 Å². The van der Waals surface area contributed by atoms with E-state index >= 15 is 0 Å². The minimum absolute atomic E-state index is 0.00840. The highest BCUT2D eigenvalue weighted by atomic mass is 32.1. The molecule has 2 unspecified atom stereocenters. The first-order valence-electron chi connectivity index (χ1n) is 11.2. The van der Waals surface area contributed by atoms with Crippen molar-refractivity contribution in [1.29, 1.82) is 0 Å². The van der Waals surface area contributed by atoms with Crippen molar-refractivity contribution in [2.75, 3.05) is 18.5 Å². The lowest BCUT2D eigenvalue weighted by atomic mass is 9.87. The van der Waals surface area contributed by atoms with E-state index in [1.165, 1.54) is 12.4 Å². The highest BCUT2D eigenvalue weighted by molar-refractivity contribution is 7.80. The van der Waals surface area contributed by atoms with E-state index in [1.54, 1.807) is 12.1 Å². The minimum atomic E-state index is -0.414. The van der Waals surface area contributed by atoms with Crippen LogP contribution in [0.3, 0.4) is 0 Å². The van der Waals surface area contributed by atoms with E-state index in [9.17, 15) is 9.18 Å². The maximum Gasteiger partial charge on any atom is 0.223 e. The van der Waals surface area contributed by atoms with Gasteiger partial charge in [-0.25, -0.2) is 14.4 Å². The summed E-state index contributed by atoms with van der Waals surface area (Å²) >= 11 is 4.16. The number of anilines is 2.